The van der Waals surface area contributed by atoms with Crippen LogP contribution in [0, 0.1) is 0 Å². The van der Waals surface area contributed by atoms with Crippen molar-refractivity contribution in [1.29, 1.82) is 0 Å². The first-order valence-electron chi connectivity index (χ1n) is 9.96. The summed E-state index contributed by atoms with van der Waals surface area (Å²) in [5.74, 6) is -0.412. The number of aromatic hydroxyl groups is 1. The molecule has 168 valence electrons. The maximum Gasteiger partial charge on any atom is 0.253 e. The third-order valence-electron chi connectivity index (χ3n) is 4.88. The van der Waals surface area contributed by atoms with Gasteiger partial charge in [0.15, 0.2) is 5.82 Å². The molecule has 0 bridgehead atoms. The Hall–Kier alpha value is -4.67. The van der Waals surface area contributed by atoms with Crippen molar-refractivity contribution in [3.63, 3.8) is 0 Å². The molecule has 3 aromatic carbocycles. The molecule has 11 heteroatoms. The van der Waals surface area contributed by atoms with Crippen LogP contribution in [0.3, 0.4) is 0 Å². The highest BCUT2D eigenvalue weighted by Crippen LogP contribution is 2.27. The zero-order chi connectivity index (χ0) is 23.5. The largest absolute Gasteiger partial charge is 0.508 e. The molecule has 6 N–H and O–H groups in total. The molecule has 11 nitrogen and oxygen atoms in total. The number of H-pyrrole nitrogens is 1. The van der Waals surface area contributed by atoms with E-state index in [0.29, 0.717) is 16.6 Å². The Morgan fingerprint density at radius 2 is 1.85 bits per heavy atom. The Labute approximate surface area is 186 Å². The number of hydrogen-bond acceptors (Lipinski definition) is 8. The van der Waals surface area contributed by atoms with Gasteiger partial charge in [-0.2, -0.15) is 5.10 Å². The van der Waals surface area contributed by atoms with Gasteiger partial charge in [0, 0.05) is 24.5 Å². The lowest BCUT2D eigenvalue weighted by atomic mass is 10.1. The highest BCUT2D eigenvalue weighted by Gasteiger charge is 2.21. The van der Waals surface area contributed by atoms with Crippen LogP contribution in [0.5, 0.6) is 5.75 Å². The molecule has 1 heterocycles. The van der Waals surface area contributed by atoms with Crippen molar-refractivity contribution in [2.45, 2.75) is 13.5 Å². The lowest BCUT2D eigenvalue weighted by Gasteiger charge is -2.15. The van der Waals surface area contributed by atoms with E-state index in [1.807, 2.05) is 0 Å². The molecule has 0 aliphatic heterocycles. The molecule has 2 amide bonds. The first kappa shape index (κ1) is 21.6. The number of carbonyl (C=O) groups is 2. The number of anilines is 4. The molecule has 33 heavy (non-hydrogen) atoms. The van der Waals surface area contributed by atoms with Crippen molar-refractivity contribution < 1.29 is 14.7 Å². The van der Waals surface area contributed by atoms with E-state index in [1.165, 1.54) is 13.0 Å². The summed E-state index contributed by atoms with van der Waals surface area (Å²) in [6.07, 6.45) is 0. The predicted molar refractivity (Wildman–Crippen MR) is 123 cm³/mol. The SMILES string of the molecule is CC(=O)NCC(=O)Nc1n[nH]c2ccc(Nc3c(NCc4cccc(O)c4)c(=O)c3=O)cc12. The molecule has 4 rings (SSSR count). The van der Waals surface area contributed by atoms with Gasteiger partial charge in [-0.3, -0.25) is 24.3 Å². The predicted octanol–water partition coefficient (Wildman–Crippen LogP) is 1.29. The summed E-state index contributed by atoms with van der Waals surface area (Å²) in [5.41, 5.74) is 0.890. The van der Waals surface area contributed by atoms with Crippen LogP contribution in [0.25, 0.3) is 10.9 Å². The molecule has 0 fully saturated rings. The Morgan fingerprint density at radius 1 is 1.06 bits per heavy atom. The molecule has 0 spiro atoms. The van der Waals surface area contributed by atoms with E-state index in [4.69, 9.17) is 0 Å². The molecule has 1 aromatic heterocycles. The molecular formula is C22H20N6O5. The van der Waals surface area contributed by atoms with E-state index >= 15 is 0 Å². The summed E-state index contributed by atoms with van der Waals surface area (Å²) in [6, 6.07) is 11.6. The van der Waals surface area contributed by atoms with Crippen LogP contribution < -0.4 is 32.1 Å². The first-order valence-corrected chi connectivity index (χ1v) is 9.96. The van der Waals surface area contributed by atoms with Crippen molar-refractivity contribution in [2.75, 3.05) is 22.5 Å². The average molecular weight is 448 g/mol. The number of amides is 2. The third-order valence-corrected chi connectivity index (χ3v) is 4.88. The first-order chi connectivity index (χ1) is 15.8. The van der Waals surface area contributed by atoms with Crippen LogP contribution >= 0.6 is 0 Å². The van der Waals surface area contributed by atoms with E-state index in [9.17, 15) is 24.3 Å². The third kappa shape index (κ3) is 4.66. The van der Waals surface area contributed by atoms with Gasteiger partial charge in [-0.1, -0.05) is 12.1 Å². The minimum Gasteiger partial charge on any atom is -0.508 e. The number of fused-ring (bicyclic) bond motifs is 1. The van der Waals surface area contributed by atoms with Crippen LogP contribution in [0.4, 0.5) is 22.9 Å². The molecule has 0 saturated carbocycles. The lowest BCUT2D eigenvalue weighted by Crippen LogP contribution is -2.36. The van der Waals surface area contributed by atoms with E-state index in [0.717, 1.165) is 5.56 Å². The fourth-order valence-corrected chi connectivity index (χ4v) is 3.25. The quantitative estimate of drug-likeness (QED) is 0.219. The van der Waals surface area contributed by atoms with Crippen LogP contribution in [-0.4, -0.2) is 33.7 Å². The number of nitrogens with zero attached hydrogens (tertiary/aromatic N) is 1. The maximum absolute atomic E-state index is 12.1. The van der Waals surface area contributed by atoms with Crippen LogP contribution in [0.1, 0.15) is 12.5 Å². The Kier molecular flexibility index (Phi) is 5.77. The second-order valence-electron chi connectivity index (χ2n) is 7.35. The molecule has 0 aliphatic carbocycles. The van der Waals surface area contributed by atoms with Crippen molar-refractivity contribution in [3.8, 4) is 5.75 Å². The number of carbonyl (C=O) groups excluding carboxylic acids is 2. The Balaban J connectivity index is 1.51. The fraction of sp³-hybridized carbons (Fsp3) is 0.136. The summed E-state index contributed by atoms with van der Waals surface area (Å²) in [4.78, 5) is 47.2. The summed E-state index contributed by atoms with van der Waals surface area (Å²) >= 11 is 0. The standard InChI is InChI=1S/C22H20N6O5/c1-11(29)23-10-17(31)26-22-15-8-13(5-6-16(15)27-28-22)25-19-18(20(32)21(19)33)24-9-12-3-2-4-14(30)7-12/h2-8,24-25,30H,9-10H2,1H3,(H,23,29)(H2,26,27,28,31). The van der Waals surface area contributed by atoms with Gasteiger partial charge in [-0.05, 0) is 35.9 Å². The van der Waals surface area contributed by atoms with Crippen LogP contribution in [0.15, 0.2) is 52.1 Å². The molecule has 0 saturated heterocycles. The summed E-state index contributed by atoms with van der Waals surface area (Å²) in [7, 11) is 0. The number of aromatic nitrogens is 2. The van der Waals surface area contributed by atoms with E-state index in [1.54, 1.807) is 36.4 Å². The number of phenolic OH excluding ortho intramolecular Hbond substituents is 1. The van der Waals surface area contributed by atoms with Gasteiger partial charge in [-0.15, -0.1) is 0 Å². The van der Waals surface area contributed by atoms with Crippen LogP contribution in [-0.2, 0) is 16.1 Å². The zero-order valence-corrected chi connectivity index (χ0v) is 17.5. The van der Waals surface area contributed by atoms with Crippen molar-refractivity contribution >= 4 is 45.6 Å². The van der Waals surface area contributed by atoms with Gasteiger partial charge in [0.05, 0.1) is 12.1 Å². The normalized spacial score (nSPS) is 10.8. The topological polar surface area (TPSA) is 165 Å². The number of hydrogen-bond donors (Lipinski definition) is 6. The van der Waals surface area contributed by atoms with Crippen molar-refractivity contribution in [2.24, 2.45) is 0 Å². The zero-order valence-electron chi connectivity index (χ0n) is 17.5. The van der Waals surface area contributed by atoms with Crippen molar-refractivity contribution in [3.05, 3.63) is 68.5 Å². The summed E-state index contributed by atoms with van der Waals surface area (Å²) in [5, 5.41) is 27.9. The monoisotopic (exact) mass is 448 g/mol. The second-order valence-corrected chi connectivity index (χ2v) is 7.35. The second kappa shape index (κ2) is 8.83. The van der Waals surface area contributed by atoms with Gasteiger partial charge >= 0.3 is 0 Å². The van der Waals surface area contributed by atoms with Crippen molar-refractivity contribution in [1.82, 2.24) is 15.5 Å². The van der Waals surface area contributed by atoms with Crippen LogP contribution in [0.2, 0.25) is 0 Å². The Bertz CT molecular complexity index is 1430. The minimum atomic E-state index is -0.649. The molecule has 4 aromatic rings. The van der Waals surface area contributed by atoms with Gasteiger partial charge in [0.2, 0.25) is 11.8 Å². The summed E-state index contributed by atoms with van der Waals surface area (Å²) in [6.45, 7) is 1.36. The highest BCUT2D eigenvalue weighted by atomic mass is 16.3. The number of nitrogens with one attached hydrogen (secondary N) is 5. The van der Waals surface area contributed by atoms with E-state index in [-0.39, 0.29) is 41.9 Å². The average Bonchev–Trinajstić information content (AvgIpc) is 3.18. The molecule has 0 atom stereocenters. The number of rotatable bonds is 8. The Morgan fingerprint density at radius 3 is 2.61 bits per heavy atom. The smallest absolute Gasteiger partial charge is 0.253 e. The molecule has 0 radical (unpaired) electrons. The van der Waals surface area contributed by atoms with E-state index < -0.39 is 16.8 Å². The van der Waals surface area contributed by atoms with Gasteiger partial charge in [0.25, 0.3) is 10.9 Å². The summed E-state index contributed by atoms with van der Waals surface area (Å²) < 4.78 is 0. The number of aromatic amines is 1. The maximum atomic E-state index is 12.1. The molecule has 0 unspecified atom stereocenters. The molecule has 0 aliphatic rings. The fourth-order valence-electron chi connectivity index (χ4n) is 3.25. The lowest BCUT2D eigenvalue weighted by molar-refractivity contribution is -0.122. The molecular weight excluding hydrogens is 428 g/mol. The highest BCUT2D eigenvalue weighted by molar-refractivity contribution is 6.02. The van der Waals surface area contributed by atoms with Gasteiger partial charge < -0.3 is 26.4 Å². The number of phenols is 1. The van der Waals surface area contributed by atoms with Gasteiger partial charge in [-0.25, -0.2) is 0 Å². The number of benzene rings is 2. The minimum absolute atomic E-state index is 0.103. The van der Waals surface area contributed by atoms with Gasteiger partial charge in [0.1, 0.15) is 17.1 Å². The van der Waals surface area contributed by atoms with E-state index in [2.05, 4.69) is 31.5 Å².